The summed E-state index contributed by atoms with van der Waals surface area (Å²) in [5.74, 6) is 5.69. The second-order valence-corrected chi connectivity index (χ2v) is 3.72. The van der Waals surface area contributed by atoms with E-state index in [4.69, 9.17) is 10.6 Å². The van der Waals surface area contributed by atoms with Crippen LogP contribution in [0.15, 0.2) is 18.2 Å². The number of hydrogen-bond acceptors (Lipinski definition) is 3. The van der Waals surface area contributed by atoms with Gasteiger partial charge in [0.05, 0.1) is 6.61 Å². The van der Waals surface area contributed by atoms with Crippen LogP contribution in [-0.4, -0.2) is 12.5 Å². The van der Waals surface area contributed by atoms with Crippen molar-refractivity contribution in [1.82, 2.24) is 5.43 Å². The minimum atomic E-state index is -0.162. The van der Waals surface area contributed by atoms with E-state index < -0.39 is 0 Å². The normalized spacial score (nSPS) is 9.94. The first kappa shape index (κ1) is 12.5. The van der Waals surface area contributed by atoms with Crippen molar-refractivity contribution < 1.29 is 9.53 Å². The van der Waals surface area contributed by atoms with Crippen molar-refractivity contribution >= 4 is 5.91 Å². The van der Waals surface area contributed by atoms with Crippen molar-refractivity contribution in [3.63, 3.8) is 0 Å². The molecule has 3 N–H and O–H groups in total. The van der Waals surface area contributed by atoms with Crippen LogP contribution in [0.2, 0.25) is 0 Å². The minimum Gasteiger partial charge on any atom is -0.493 e. The van der Waals surface area contributed by atoms with Crippen molar-refractivity contribution in [1.29, 1.82) is 0 Å². The maximum Gasteiger partial charge on any atom is 0.234 e. The predicted octanol–water partition coefficient (Wildman–Crippen LogP) is 1.45. The Labute approximate surface area is 95.8 Å². The van der Waals surface area contributed by atoms with Crippen molar-refractivity contribution in [2.75, 3.05) is 6.61 Å². The third kappa shape index (κ3) is 3.55. The van der Waals surface area contributed by atoms with Crippen molar-refractivity contribution in [2.45, 2.75) is 26.7 Å². The van der Waals surface area contributed by atoms with Crippen LogP contribution < -0.4 is 16.0 Å². The highest BCUT2D eigenvalue weighted by atomic mass is 16.5. The second-order valence-electron chi connectivity index (χ2n) is 3.72. The van der Waals surface area contributed by atoms with Gasteiger partial charge in [-0.15, -0.1) is 0 Å². The third-order valence-corrected chi connectivity index (χ3v) is 2.52. The standard InChI is InChI=1S/C12H18N2O2/c1-9-5-3-6-11(10(9)2)16-8-4-7-12(15)14-13/h3,5-6H,4,7-8,13H2,1-2H3,(H,14,15). The Hall–Kier alpha value is -1.55. The lowest BCUT2D eigenvalue weighted by Gasteiger charge is -2.10. The maximum absolute atomic E-state index is 10.9. The van der Waals surface area contributed by atoms with Crippen LogP contribution >= 0.6 is 0 Å². The van der Waals surface area contributed by atoms with Crippen molar-refractivity contribution in [2.24, 2.45) is 5.84 Å². The second kappa shape index (κ2) is 6.12. The zero-order valence-electron chi connectivity index (χ0n) is 9.75. The molecule has 4 nitrogen and oxygen atoms in total. The number of aryl methyl sites for hydroxylation is 1. The molecule has 1 aromatic rings. The van der Waals surface area contributed by atoms with Gasteiger partial charge in [0.1, 0.15) is 5.75 Å². The first-order valence-electron chi connectivity index (χ1n) is 5.33. The maximum atomic E-state index is 10.9. The summed E-state index contributed by atoms with van der Waals surface area (Å²) in [7, 11) is 0. The lowest BCUT2D eigenvalue weighted by atomic mass is 10.1. The van der Waals surface area contributed by atoms with E-state index in [9.17, 15) is 4.79 Å². The molecule has 0 aliphatic heterocycles. The molecular formula is C12H18N2O2. The number of carbonyl (C=O) groups excluding carboxylic acids is 1. The smallest absolute Gasteiger partial charge is 0.234 e. The molecule has 0 aliphatic rings. The predicted molar refractivity (Wildman–Crippen MR) is 63.0 cm³/mol. The van der Waals surface area contributed by atoms with Crippen molar-refractivity contribution in [3.05, 3.63) is 29.3 Å². The summed E-state index contributed by atoms with van der Waals surface area (Å²) in [4.78, 5) is 10.9. The highest BCUT2D eigenvalue weighted by molar-refractivity contribution is 5.75. The van der Waals surface area contributed by atoms with Gasteiger partial charge >= 0.3 is 0 Å². The molecule has 0 spiro atoms. The average Bonchev–Trinajstić information content (AvgIpc) is 2.29. The summed E-state index contributed by atoms with van der Waals surface area (Å²) < 4.78 is 5.59. The Morgan fingerprint density at radius 3 is 2.88 bits per heavy atom. The lowest BCUT2D eigenvalue weighted by molar-refractivity contribution is -0.121. The molecule has 0 atom stereocenters. The molecule has 16 heavy (non-hydrogen) atoms. The third-order valence-electron chi connectivity index (χ3n) is 2.52. The van der Waals surface area contributed by atoms with Gasteiger partial charge in [0.2, 0.25) is 5.91 Å². The Morgan fingerprint density at radius 2 is 2.19 bits per heavy atom. The molecule has 0 heterocycles. The summed E-state index contributed by atoms with van der Waals surface area (Å²) in [5.41, 5.74) is 4.44. The van der Waals surface area contributed by atoms with Gasteiger partial charge in [-0.25, -0.2) is 5.84 Å². The molecule has 0 bridgehead atoms. The fraction of sp³-hybridized carbons (Fsp3) is 0.417. The lowest BCUT2D eigenvalue weighted by Crippen LogP contribution is -2.29. The van der Waals surface area contributed by atoms with Crippen LogP contribution in [0.4, 0.5) is 0 Å². The molecule has 0 fully saturated rings. The first-order valence-corrected chi connectivity index (χ1v) is 5.33. The zero-order chi connectivity index (χ0) is 12.0. The van der Waals surface area contributed by atoms with Crippen LogP contribution in [-0.2, 0) is 4.79 Å². The fourth-order valence-corrected chi connectivity index (χ4v) is 1.37. The molecule has 1 rings (SSSR count). The van der Waals surface area contributed by atoms with E-state index >= 15 is 0 Å². The van der Waals surface area contributed by atoms with E-state index in [0.717, 1.165) is 11.3 Å². The summed E-state index contributed by atoms with van der Waals surface area (Å²) in [5, 5.41) is 0. The topological polar surface area (TPSA) is 64.3 Å². The molecule has 0 aromatic heterocycles. The first-order chi connectivity index (χ1) is 7.65. The van der Waals surface area contributed by atoms with Gasteiger partial charge in [0.15, 0.2) is 0 Å². The van der Waals surface area contributed by atoms with Gasteiger partial charge in [-0.05, 0) is 37.5 Å². The minimum absolute atomic E-state index is 0.162. The summed E-state index contributed by atoms with van der Waals surface area (Å²) >= 11 is 0. The van der Waals surface area contributed by atoms with Gasteiger partial charge in [-0.2, -0.15) is 0 Å². The Bertz CT molecular complexity index is 364. The molecule has 4 heteroatoms. The number of hydrogen-bond donors (Lipinski definition) is 2. The number of ether oxygens (including phenoxy) is 1. The quantitative estimate of drug-likeness (QED) is 0.343. The molecule has 0 saturated heterocycles. The molecule has 1 aromatic carbocycles. The number of carbonyl (C=O) groups is 1. The van der Waals surface area contributed by atoms with Gasteiger partial charge in [-0.1, -0.05) is 12.1 Å². The van der Waals surface area contributed by atoms with E-state index in [2.05, 4.69) is 5.43 Å². The summed E-state index contributed by atoms with van der Waals surface area (Å²) in [6, 6.07) is 5.94. The molecule has 0 radical (unpaired) electrons. The molecular weight excluding hydrogens is 204 g/mol. The SMILES string of the molecule is Cc1cccc(OCCCC(=O)NN)c1C. The monoisotopic (exact) mass is 222 g/mol. The largest absolute Gasteiger partial charge is 0.493 e. The molecule has 1 amide bonds. The number of nitrogens with one attached hydrogen (secondary N) is 1. The van der Waals surface area contributed by atoms with Crippen LogP contribution in [0.1, 0.15) is 24.0 Å². The zero-order valence-corrected chi connectivity index (χ0v) is 9.75. The summed E-state index contributed by atoms with van der Waals surface area (Å²) in [6.07, 6.45) is 1.05. The Kier molecular flexibility index (Phi) is 4.79. The van der Waals surface area contributed by atoms with Crippen LogP contribution in [0.3, 0.4) is 0 Å². The van der Waals surface area contributed by atoms with Gasteiger partial charge in [-0.3, -0.25) is 10.2 Å². The number of rotatable bonds is 5. The molecule has 88 valence electrons. The van der Waals surface area contributed by atoms with Gasteiger partial charge in [0.25, 0.3) is 0 Å². The summed E-state index contributed by atoms with van der Waals surface area (Å²) in [6.45, 7) is 4.60. The molecule has 0 aliphatic carbocycles. The average molecular weight is 222 g/mol. The number of benzene rings is 1. The van der Waals surface area contributed by atoms with E-state index in [0.29, 0.717) is 19.4 Å². The van der Waals surface area contributed by atoms with Crippen LogP contribution in [0, 0.1) is 13.8 Å². The highest BCUT2D eigenvalue weighted by Gasteiger charge is 2.02. The molecule has 0 unspecified atom stereocenters. The number of nitrogens with two attached hydrogens (primary N) is 1. The van der Waals surface area contributed by atoms with Gasteiger partial charge in [0, 0.05) is 6.42 Å². The Morgan fingerprint density at radius 1 is 1.44 bits per heavy atom. The molecule has 0 saturated carbocycles. The van der Waals surface area contributed by atoms with Gasteiger partial charge < -0.3 is 4.74 Å². The van der Waals surface area contributed by atoms with E-state index in [1.54, 1.807) is 0 Å². The van der Waals surface area contributed by atoms with E-state index in [-0.39, 0.29) is 5.91 Å². The fourth-order valence-electron chi connectivity index (χ4n) is 1.37. The number of amides is 1. The van der Waals surface area contributed by atoms with Crippen LogP contribution in [0.25, 0.3) is 0 Å². The van der Waals surface area contributed by atoms with Crippen LogP contribution in [0.5, 0.6) is 5.75 Å². The Balaban J connectivity index is 2.38. The van der Waals surface area contributed by atoms with Crippen molar-refractivity contribution in [3.8, 4) is 5.75 Å². The number of hydrazine groups is 1. The van der Waals surface area contributed by atoms with E-state index in [1.807, 2.05) is 32.0 Å². The highest BCUT2D eigenvalue weighted by Crippen LogP contribution is 2.20. The van der Waals surface area contributed by atoms with E-state index in [1.165, 1.54) is 5.56 Å².